The van der Waals surface area contributed by atoms with Gasteiger partial charge in [0.05, 0.1) is 12.1 Å². The topological polar surface area (TPSA) is 141 Å². The summed E-state index contributed by atoms with van der Waals surface area (Å²) < 4.78 is 10.8. The van der Waals surface area contributed by atoms with Crippen LogP contribution in [0.1, 0.15) is 81.1 Å². The third kappa shape index (κ3) is 11.0. The summed E-state index contributed by atoms with van der Waals surface area (Å²) in [5.41, 5.74) is 8.98. The summed E-state index contributed by atoms with van der Waals surface area (Å²) in [6, 6.07) is 18.0. The molecule has 0 aliphatic carbocycles. The van der Waals surface area contributed by atoms with E-state index in [1.165, 1.54) is 11.1 Å². The predicted octanol–water partition coefficient (Wildman–Crippen LogP) is 5.18. The van der Waals surface area contributed by atoms with Crippen LogP contribution in [0.5, 0.6) is 0 Å². The van der Waals surface area contributed by atoms with Crippen LogP contribution in [-0.4, -0.2) is 46.9 Å². The zero-order valence-electron chi connectivity index (χ0n) is 26.8. The lowest BCUT2D eigenvalue weighted by atomic mass is 10.0. The van der Waals surface area contributed by atoms with Crippen LogP contribution in [0.3, 0.4) is 0 Å². The van der Waals surface area contributed by atoms with Gasteiger partial charge in [0.2, 0.25) is 11.8 Å². The normalized spacial score (nSPS) is 11.8. The number of carbonyl (C=O) groups excluding carboxylic acids is 4. The van der Waals surface area contributed by atoms with E-state index in [1.54, 1.807) is 33.8 Å². The molecule has 0 fully saturated rings. The molecule has 10 heteroatoms. The van der Waals surface area contributed by atoms with Gasteiger partial charge in [-0.1, -0.05) is 55.5 Å². The van der Waals surface area contributed by atoms with Crippen molar-refractivity contribution in [2.24, 2.45) is 0 Å². The zero-order valence-corrected chi connectivity index (χ0v) is 26.8. The molecule has 45 heavy (non-hydrogen) atoms. The van der Waals surface area contributed by atoms with Gasteiger partial charge in [0.15, 0.2) is 5.69 Å². The fraction of sp³-hybridized carbons (Fsp3) is 0.400. The molecular formula is C35H44N4O6. The van der Waals surface area contributed by atoms with E-state index in [2.05, 4.69) is 10.3 Å². The van der Waals surface area contributed by atoms with Gasteiger partial charge >= 0.3 is 11.9 Å². The number of carbonyl (C=O) groups is 4. The molecule has 0 aliphatic heterocycles. The molecule has 240 valence electrons. The largest absolute Gasteiger partial charge is 0.461 e. The Morgan fingerprint density at radius 3 is 2.36 bits per heavy atom. The summed E-state index contributed by atoms with van der Waals surface area (Å²) in [6.07, 6.45) is 3.16. The molecule has 0 radical (unpaired) electrons. The molecule has 2 aromatic carbocycles. The van der Waals surface area contributed by atoms with Gasteiger partial charge in [-0.2, -0.15) is 0 Å². The smallest absolute Gasteiger partial charge is 0.359 e. The molecule has 0 bridgehead atoms. The number of ether oxygens (including phenoxy) is 2. The third-order valence-corrected chi connectivity index (χ3v) is 6.90. The Morgan fingerprint density at radius 2 is 1.67 bits per heavy atom. The Kier molecular flexibility index (Phi) is 12.6. The Labute approximate surface area is 265 Å². The van der Waals surface area contributed by atoms with Crippen LogP contribution in [0.25, 0.3) is 0 Å². The summed E-state index contributed by atoms with van der Waals surface area (Å²) in [7, 11) is 0. The van der Waals surface area contributed by atoms with Gasteiger partial charge in [-0.05, 0) is 75.8 Å². The van der Waals surface area contributed by atoms with E-state index in [1.807, 2.05) is 61.5 Å². The summed E-state index contributed by atoms with van der Waals surface area (Å²) in [5, 5.41) is 2.82. The second-order valence-electron chi connectivity index (χ2n) is 11.9. The molecule has 3 N–H and O–H groups in total. The van der Waals surface area contributed by atoms with Gasteiger partial charge in [-0.3, -0.25) is 14.4 Å². The van der Waals surface area contributed by atoms with Gasteiger partial charge < -0.3 is 25.4 Å². The van der Waals surface area contributed by atoms with E-state index in [0.717, 1.165) is 11.1 Å². The number of aryl methyl sites for hydroxylation is 2. The van der Waals surface area contributed by atoms with Crippen LogP contribution in [0.2, 0.25) is 0 Å². The first-order chi connectivity index (χ1) is 21.4. The zero-order chi connectivity index (χ0) is 33.0. The summed E-state index contributed by atoms with van der Waals surface area (Å²) in [6.45, 7) is 8.95. The number of nitrogens with one attached hydrogen (secondary N) is 1. The molecule has 0 unspecified atom stereocenters. The fourth-order valence-electron chi connectivity index (χ4n) is 4.73. The molecule has 1 heterocycles. The fourth-order valence-corrected chi connectivity index (χ4v) is 4.73. The molecule has 0 saturated heterocycles. The number of nitrogen functional groups attached to an aromatic ring is 1. The van der Waals surface area contributed by atoms with Gasteiger partial charge in [-0.25, -0.2) is 9.78 Å². The summed E-state index contributed by atoms with van der Waals surface area (Å²) >= 11 is 0. The van der Waals surface area contributed by atoms with Crippen LogP contribution < -0.4 is 16.0 Å². The van der Waals surface area contributed by atoms with Gasteiger partial charge in [0, 0.05) is 24.3 Å². The minimum absolute atomic E-state index is 0.00327. The molecule has 3 aromatic rings. The monoisotopic (exact) mass is 616 g/mol. The lowest BCUT2D eigenvalue weighted by Gasteiger charge is -2.25. The Hall–Kier alpha value is -4.73. The third-order valence-electron chi connectivity index (χ3n) is 6.90. The number of hydrogen-bond donors (Lipinski definition) is 2. The van der Waals surface area contributed by atoms with E-state index in [9.17, 15) is 19.2 Å². The van der Waals surface area contributed by atoms with Crippen molar-refractivity contribution in [2.45, 2.75) is 85.0 Å². The first-order valence-electron chi connectivity index (χ1n) is 15.2. The molecule has 1 aromatic heterocycles. The maximum atomic E-state index is 13.6. The van der Waals surface area contributed by atoms with Crippen molar-refractivity contribution < 1.29 is 28.7 Å². The average molecular weight is 617 g/mol. The molecule has 10 nitrogen and oxygen atoms in total. The van der Waals surface area contributed by atoms with Crippen molar-refractivity contribution in [3.8, 4) is 0 Å². The number of amides is 2. The predicted molar refractivity (Wildman–Crippen MR) is 173 cm³/mol. The van der Waals surface area contributed by atoms with E-state index in [0.29, 0.717) is 30.5 Å². The highest BCUT2D eigenvalue weighted by atomic mass is 16.6. The highest BCUT2D eigenvalue weighted by molar-refractivity contribution is 5.99. The molecule has 3 rings (SSSR count). The first-order valence-corrected chi connectivity index (χ1v) is 15.2. The van der Waals surface area contributed by atoms with Crippen LogP contribution >= 0.6 is 0 Å². The van der Waals surface area contributed by atoms with Gasteiger partial charge in [0.25, 0.3) is 0 Å². The van der Waals surface area contributed by atoms with Crippen LogP contribution in [0.15, 0.2) is 66.9 Å². The lowest BCUT2D eigenvalue weighted by Crippen LogP contribution is -2.44. The number of para-hydroxylation sites is 1. The quantitative estimate of drug-likeness (QED) is 0.236. The molecule has 0 spiro atoms. The van der Waals surface area contributed by atoms with Crippen molar-refractivity contribution in [3.05, 3.63) is 89.2 Å². The van der Waals surface area contributed by atoms with E-state index in [4.69, 9.17) is 15.2 Å². The number of nitrogens with zero attached hydrogens (tertiary/aromatic N) is 2. The van der Waals surface area contributed by atoms with Crippen molar-refractivity contribution >= 4 is 35.1 Å². The van der Waals surface area contributed by atoms with Crippen LogP contribution in [-0.2, 0) is 43.3 Å². The van der Waals surface area contributed by atoms with Crippen LogP contribution in [0, 0.1) is 0 Å². The second kappa shape index (κ2) is 16.4. The number of rotatable bonds is 14. The van der Waals surface area contributed by atoms with E-state index >= 15 is 0 Å². The molecule has 0 aliphatic rings. The highest BCUT2D eigenvalue weighted by Gasteiger charge is 2.24. The number of esters is 2. The number of aromatic nitrogens is 1. The number of nitrogens with two attached hydrogens (primary N) is 1. The summed E-state index contributed by atoms with van der Waals surface area (Å²) in [4.78, 5) is 57.2. The highest BCUT2D eigenvalue weighted by Crippen LogP contribution is 2.24. The molecule has 0 saturated carbocycles. The Balaban J connectivity index is 1.63. The number of hydrogen-bond acceptors (Lipinski definition) is 8. The van der Waals surface area contributed by atoms with E-state index < -0.39 is 29.5 Å². The number of pyridine rings is 1. The standard InChI is InChI=1S/C35H44N4O6/c1-6-26-15-10-11-17-28(26)39(22-29(40)38-24(2)21-31(42)44-23-25-13-8-7-9-14-25)30(41)18-12-16-27-19-20-37-33(32(27)36)34(43)45-35(3,4)5/h7-11,13-15,17,19-20,24H,6,12,16,18,21-23,36H2,1-5H3,(H,38,40)/t24-/m1/s1. The molecule has 2 amide bonds. The molecular weight excluding hydrogens is 572 g/mol. The van der Waals surface area contributed by atoms with Gasteiger partial charge in [-0.15, -0.1) is 0 Å². The minimum atomic E-state index is -0.693. The van der Waals surface area contributed by atoms with E-state index in [-0.39, 0.29) is 43.3 Å². The number of benzene rings is 2. The SMILES string of the molecule is CCc1ccccc1N(CC(=O)N[C@H](C)CC(=O)OCc1ccccc1)C(=O)CCCc1ccnc(C(=O)OC(C)(C)C)c1N. The minimum Gasteiger partial charge on any atom is -0.461 e. The van der Waals surface area contributed by atoms with Crippen LogP contribution in [0.4, 0.5) is 11.4 Å². The van der Waals surface area contributed by atoms with Crippen molar-refractivity contribution in [2.75, 3.05) is 17.2 Å². The molecule has 1 atom stereocenters. The Morgan fingerprint density at radius 1 is 0.978 bits per heavy atom. The Bertz CT molecular complexity index is 1470. The van der Waals surface area contributed by atoms with Crippen molar-refractivity contribution in [1.29, 1.82) is 0 Å². The average Bonchev–Trinajstić information content (AvgIpc) is 2.99. The second-order valence-corrected chi connectivity index (χ2v) is 11.9. The van der Waals surface area contributed by atoms with Crippen molar-refractivity contribution in [1.82, 2.24) is 10.3 Å². The maximum absolute atomic E-state index is 13.6. The number of anilines is 2. The summed E-state index contributed by atoms with van der Waals surface area (Å²) in [5.74, 6) is -1.66. The first kappa shape index (κ1) is 34.8. The van der Waals surface area contributed by atoms with Gasteiger partial charge in [0.1, 0.15) is 18.8 Å². The van der Waals surface area contributed by atoms with Crippen molar-refractivity contribution in [3.63, 3.8) is 0 Å². The lowest BCUT2D eigenvalue weighted by molar-refractivity contribution is -0.145. The maximum Gasteiger partial charge on any atom is 0.359 e.